The monoisotopic (exact) mass is 145 g/mol. The highest BCUT2D eigenvalue weighted by Gasteiger charge is 1.91. The summed E-state index contributed by atoms with van der Waals surface area (Å²) in [6.45, 7) is 1.52. The second kappa shape index (κ2) is 5.82. The first-order chi connectivity index (χ1) is 4.27. The van der Waals surface area contributed by atoms with Crippen LogP contribution in [0.5, 0.6) is 0 Å². The maximum absolute atomic E-state index is 10.3. The molecule has 51 valence electrons. The van der Waals surface area contributed by atoms with Crippen LogP contribution < -0.4 is 0 Å². The van der Waals surface area contributed by atoms with E-state index in [-0.39, 0.29) is 5.12 Å². The minimum atomic E-state index is 0.106. The van der Waals surface area contributed by atoms with Gasteiger partial charge in [-0.1, -0.05) is 11.8 Å². The van der Waals surface area contributed by atoms with Crippen LogP contribution in [0, 0.1) is 6.42 Å². The lowest BCUT2D eigenvalue weighted by Gasteiger charge is -1.89. The van der Waals surface area contributed by atoms with Crippen molar-refractivity contribution < 1.29 is 9.59 Å². The molecule has 0 N–H and O–H groups in total. The average Bonchev–Trinajstić information content (AvgIpc) is 1.80. The summed E-state index contributed by atoms with van der Waals surface area (Å²) in [5.41, 5.74) is 0. The third kappa shape index (κ3) is 7.69. The van der Waals surface area contributed by atoms with E-state index >= 15 is 0 Å². The zero-order valence-electron chi connectivity index (χ0n) is 5.29. The highest BCUT2D eigenvalue weighted by Crippen LogP contribution is 2.02. The molecular formula is C6H9O2S. The standard InChI is InChI=1S/C6H9O2S/c1-6(8)9-5-3-2-4-7/h2,4H,3,5H2,1H3. The number of unbranched alkanes of at least 4 members (excludes halogenated alkanes) is 1. The molecule has 0 aromatic heterocycles. The number of hydrogen-bond acceptors (Lipinski definition) is 3. The van der Waals surface area contributed by atoms with E-state index in [9.17, 15) is 9.59 Å². The molecular weight excluding hydrogens is 136 g/mol. The highest BCUT2D eigenvalue weighted by atomic mass is 32.2. The van der Waals surface area contributed by atoms with Crippen LogP contribution in [0.25, 0.3) is 0 Å². The molecule has 9 heavy (non-hydrogen) atoms. The molecule has 0 fully saturated rings. The van der Waals surface area contributed by atoms with Gasteiger partial charge in [0.05, 0.1) is 0 Å². The largest absolute Gasteiger partial charge is 0.303 e. The van der Waals surface area contributed by atoms with Gasteiger partial charge in [-0.05, 0) is 6.42 Å². The Hall–Kier alpha value is -0.310. The summed E-state index contributed by atoms with van der Waals surface area (Å²) in [6, 6.07) is 0. The lowest BCUT2D eigenvalue weighted by atomic mass is 10.4. The van der Waals surface area contributed by atoms with Crippen molar-refractivity contribution in [3.63, 3.8) is 0 Å². The first-order valence-electron chi connectivity index (χ1n) is 2.67. The SMILES string of the molecule is CC(=O)SCC[CH]C=O. The van der Waals surface area contributed by atoms with Gasteiger partial charge in [0.2, 0.25) is 0 Å². The average molecular weight is 145 g/mol. The van der Waals surface area contributed by atoms with Crippen molar-refractivity contribution >= 4 is 23.2 Å². The van der Waals surface area contributed by atoms with Crippen LogP contribution in [0.2, 0.25) is 0 Å². The first kappa shape index (κ1) is 8.69. The third-order valence-electron chi connectivity index (χ3n) is 0.686. The fourth-order valence-electron chi connectivity index (χ4n) is 0.339. The Bertz CT molecular complexity index is 101. The lowest BCUT2D eigenvalue weighted by Crippen LogP contribution is -1.86. The van der Waals surface area contributed by atoms with E-state index in [0.29, 0.717) is 12.2 Å². The molecule has 1 radical (unpaired) electrons. The van der Waals surface area contributed by atoms with Crippen LogP contribution in [0.1, 0.15) is 13.3 Å². The van der Waals surface area contributed by atoms with E-state index in [2.05, 4.69) is 0 Å². The minimum Gasteiger partial charge on any atom is -0.303 e. The Balaban J connectivity index is 2.91. The van der Waals surface area contributed by atoms with Crippen molar-refractivity contribution in [3.8, 4) is 0 Å². The van der Waals surface area contributed by atoms with Gasteiger partial charge in [-0.25, -0.2) is 0 Å². The van der Waals surface area contributed by atoms with Gasteiger partial charge < -0.3 is 4.79 Å². The van der Waals surface area contributed by atoms with Crippen molar-refractivity contribution in [2.24, 2.45) is 0 Å². The molecule has 0 spiro atoms. The van der Waals surface area contributed by atoms with Crippen molar-refractivity contribution in [3.05, 3.63) is 6.42 Å². The van der Waals surface area contributed by atoms with Gasteiger partial charge in [-0.3, -0.25) is 4.79 Å². The van der Waals surface area contributed by atoms with Crippen LogP contribution in [0.15, 0.2) is 0 Å². The molecule has 0 saturated heterocycles. The molecule has 2 nitrogen and oxygen atoms in total. The number of rotatable bonds is 4. The van der Waals surface area contributed by atoms with Crippen molar-refractivity contribution in [1.82, 2.24) is 0 Å². The van der Waals surface area contributed by atoms with E-state index in [0.717, 1.165) is 6.29 Å². The minimum absolute atomic E-state index is 0.106. The zero-order chi connectivity index (χ0) is 7.11. The van der Waals surface area contributed by atoms with Gasteiger partial charge in [-0.15, -0.1) is 0 Å². The number of hydrogen-bond donors (Lipinski definition) is 0. The second-order valence-electron chi connectivity index (χ2n) is 1.50. The van der Waals surface area contributed by atoms with Crippen molar-refractivity contribution in [2.75, 3.05) is 5.75 Å². The predicted octanol–water partition coefficient (Wildman–Crippen LogP) is 1.06. The number of aldehydes is 1. The van der Waals surface area contributed by atoms with Crippen LogP contribution in [-0.4, -0.2) is 17.2 Å². The smallest absolute Gasteiger partial charge is 0.185 e. The first-order valence-corrected chi connectivity index (χ1v) is 3.66. The van der Waals surface area contributed by atoms with E-state index in [1.807, 2.05) is 0 Å². The van der Waals surface area contributed by atoms with Gasteiger partial charge in [-0.2, -0.15) is 0 Å². The fourth-order valence-corrected chi connectivity index (χ4v) is 0.880. The van der Waals surface area contributed by atoms with Gasteiger partial charge >= 0.3 is 0 Å². The predicted molar refractivity (Wildman–Crippen MR) is 38.1 cm³/mol. The molecule has 0 aliphatic carbocycles. The number of carbonyl (C=O) groups excluding carboxylic acids is 2. The molecule has 0 heterocycles. The highest BCUT2D eigenvalue weighted by molar-refractivity contribution is 8.13. The second-order valence-corrected chi connectivity index (χ2v) is 2.77. The van der Waals surface area contributed by atoms with Gasteiger partial charge in [0.1, 0.15) is 6.29 Å². The van der Waals surface area contributed by atoms with E-state index in [4.69, 9.17) is 0 Å². The molecule has 0 rings (SSSR count). The van der Waals surface area contributed by atoms with E-state index in [1.54, 1.807) is 0 Å². The summed E-state index contributed by atoms with van der Waals surface area (Å²) >= 11 is 1.24. The molecule has 0 aromatic carbocycles. The van der Waals surface area contributed by atoms with Gasteiger partial charge in [0.15, 0.2) is 5.12 Å². The molecule has 0 aliphatic heterocycles. The van der Waals surface area contributed by atoms with Crippen LogP contribution in [0.3, 0.4) is 0 Å². The Morgan fingerprint density at radius 1 is 1.67 bits per heavy atom. The summed E-state index contributed by atoms with van der Waals surface area (Å²) in [5, 5.41) is 0.106. The Morgan fingerprint density at radius 3 is 2.78 bits per heavy atom. The summed E-state index contributed by atoms with van der Waals surface area (Å²) < 4.78 is 0. The van der Waals surface area contributed by atoms with E-state index in [1.165, 1.54) is 25.1 Å². The summed E-state index contributed by atoms with van der Waals surface area (Å²) in [7, 11) is 0. The number of thioether (sulfide) groups is 1. The fraction of sp³-hybridized carbons (Fsp3) is 0.500. The molecule has 0 unspecified atom stereocenters. The Morgan fingerprint density at radius 2 is 2.33 bits per heavy atom. The van der Waals surface area contributed by atoms with Crippen LogP contribution in [0.4, 0.5) is 0 Å². The molecule has 0 atom stereocenters. The maximum atomic E-state index is 10.3. The molecule has 0 amide bonds. The quantitative estimate of drug-likeness (QED) is 0.438. The molecule has 0 aromatic rings. The van der Waals surface area contributed by atoms with Crippen molar-refractivity contribution in [2.45, 2.75) is 13.3 Å². The van der Waals surface area contributed by atoms with Gasteiger partial charge in [0.25, 0.3) is 0 Å². The Kier molecular flexibility index (Phi) is 5.62. The normalized spacial score (nSPS) is 9.00. The topological polar surface area (TPSA) is 34.1 Å². The molecule has 0 bridgehead atoms. The lowest BCUT2D eigenvalue weighted by molar-refractivity contribution is -0.109. The maximum Gasteiger partial charge on any atom is 0.185 e. The third-order valence-corrected chi connectivity index (χ3v) is 1.53. The summed E-state index contributed by atoms with van der Waals surface area (Å²) in [4.78, 5) is 20.0. The van der Waals surface area contributed by atoms with Gasteiger partial charge in [0, 0.05) is 19.1 Å². The molecule has 0 aliphatic rings. The molecule has 3 heteroatoms. The Labute approximate surface area is 59.0 Å². The zero-order valence-corrected chi connectivity index (χ0v) is 6.11. The van der Waals surface area contributed by atoms with Crippen LogP contribution >= 0.6 is 11.8 Å². The summed E-state index contributed by atoms with van der Waals surface area (Å²) in [5.74, 6) is 0.716. The van der Waals surface area contributed by atoms with E-state index < -0.39 is 0 Å². The van der Waals surface area contributed by atoms with Crippen LogP contribution in [-0.2, 0) is 9.59 Å². The molecule has 0 saturated carbocycles. The number of carbonyl (C=O) groups is 2. The van der Waals surface area contributed by atoms with Crippen molar-refractivity contribution in [1.29, 1.82) is 0 Å². The summed E-state index contributed by atoms with van der Waals surface area (Å²) in [6.07, 6.45) is 2.95.